The molecule has 0 aliphatic rings. The first-order valence-corrected chi connectivity index (χ1v) is 8.15. The molecule has 0 saturated carbocycles. The van der Waals surface area contributed by atoms with Gasteiger partial charge in [-0.25, -0.2) is 4.79 Å². The van der Waals surface area contributed by atoms with Gasteiger partial charge >= 0.3 is 6.09 Å². The number of ether oxygens (including phenoxy) is 1. The summed E-state index contributed by atoms with van der Waals surface area (Å²) in [7, 11) is 0. The van der Waals surface area contributed by atoms with Gasteiger partial charge in [-0.05, 0) is 50.5 Å². The Morgan fingerprint density at radius 2 is 1.54 bits per heavy atom. The molecule has 2 aromatic rings. The van der Waals surface area contributed by atoms with Gasteiger partial charge in [0.2, 0.25) is 0 Å². The number of rotatable bonds is 5. The fourth-order valence-electron chi connectivity index (χ4n) is 2.32. The molecule has 0 heterocycles. The van der Waals surface area contributed by atoms with Crippen molar-refractivity contribution in [3.05, 3.63) is 72.8 Å². The topological polar surface area (TPSA) is 29.5 Å². The normalized spacial score (nSPS) is 11.0. The number of anilines is 1. The van der Waals surface area contributed by atoms with Gasteiger partial charge < -0.3 is 4.74 Å². The average molecular weight is 323 g/mol. The van der Waals surface area contributed by atoms with Gasteiger partial charge in [0.15, 0.2) is 0 Å². The molecule has 0 spiro atoms. The maximum atomic E-state index is 12.6. The lowest BCUT2D eigenvalue weighted by atomic mass is 10.0. The lowest BCUT2D eigenvalue weighted by molar-refractivity contribution is 0.0581. The van der Waals surface area contributed by atoms with E-state index < -0.39 is 5.60 Å². The molecule has 0 atom stereocenters. The van der Waals surface area contributed by atoms with Crippen LogP contribution in [0.25, 0.3) is 5.57 Å². The Balaban J connectivity index is 2.12. The molecule has 0 radical (unpaired) electrons. The quantitative estimate of drug-likeness (QED) is 0.724. The van der Waals surface area contributed by atoms with Crippen molar-refractivity contribution >= 4 is 17.4 Å². The molecule has 24 heavy (non-hydrogen) atoms. The Hall–Kier alpha value is -2.55. The Labute approximate surface area is 144 Å². The standard InChI is InChI=1S/C21H25NO2/c1-17(18-11-7-5-8-12-18)15-16-22(19-13-9-6-10-14-19)20(23)24-21(2,3)4/h5-14H,1,15-16H2,2-4H3. The zero-order chi connectivity index (χ0) is 17.6. The van der Waals surface area contributed by atoms with E-state index in [2.05, 4.69) is 6.58 Å². The van der Waals surface area contributed by atoms with E-state index in [1.165, 1.54) is 0 Å². The van der Waals surface area contributed by atoms with Crippen molar-refractivity contribution in [2.75, 3.05) is 11.4 Å². The number of hydrogen-bond donors (Lipinski definition) is 0. The van der Waals surface area contributed by atoms with Gasteiger partial charge in [-0.3, -0.25) is 4.90 Å². The molecule has 0 N–H and O–H groups in total. The SMILES string of the molecule is C=C(CCN(C(=O)OC(C)(C)C)c1ccccc1)c1ccccc1. The molecule has 0 fully saturated rings. The van der Waals surface area contributed by atoms with Crippen LogP contribution in [0.2, 0.25) is 0 Å². The number of para-hydroxylation sites is 1. The minimum atomic E-state index is -0.527. The zero-order valence-electron chi connectivity index (χ0n) is 14.7. The van der Waals surface area contributed by atoms with Gasteiger partial charge in [0.05, 0.1) is 0 Å². The number of amides is 1. The molecule has 3 heteroatoms. The Morgan fingerprint density at radius 1 is 1.00 bits per heavy atom. The van der Waals surface area contributed by atoms with E-state index in [0.29, 0.717) is 13.0 Å². The molecule has 126 valence electrons. The van der Waals surface area contributed by atoms with Crippen LogP contribution in [0.15, 0.2) is 67.2 Å². The van der Waals surface area contributed by atoms with Crippen molar-refractivity contribution in [3.8, 4) is 0 Å². The minimum absolute atomic E-state index is 0.338. The summed E-state index contributed by atoms with van der Waals surface area (Å²) < 4.78 is 5.55. The van der Waals surface area contributed by atoms with E-state index in [0.717, 1.165) is 16.8 Å². The molecule has 2 aromatic carbocycles. The summed E-state index contributed by atoms with van der Waals surface area (Å²) in [6.07, 6.45) is 0.340. The van der Waals surface area contributed by atoms with Crippen molar-refractivity contribution in [1.82, 2.24) is 0 Å². The van der Waals surface area contributed by atoms with E-state index in [9.17, 15) is 4.79 Å². The highest BCUT2D eigenvalue weighted by molar-refractivity contribution is 5.88. The first-order chi connectivity index (χ1) is 11.4. The van der Waals surface area contributed by atoms with Crippen LogP contribution >= 0.6 is 0 Å². The number of nitrogens with zero attached hydrogens (tertiary/aromatic N) is 1. The van der Waals surface area contributed by atoms with E-state index in [1.807, 2.05) is 81.4 Å². The van der Waals surface area contributed by atoms with Crippen LogP contribution < -0.4 is 4.90 Å². The molecule has 0 unspecified atom stereocenters. The van der Waals surface area contributed by atoms with Crippen LogP contribution in [0.1, 0.15) is 32.8 Å². The van der Waals surface area contributed by atoms with Crippen molar-refractivity contribution in [2.45, 2.75) is 32.8 Å². The minimum Gasteiger partial charge on any atom is -0.443 e. The number of carbonyl (C=O) groups is 1. The molecular weight excluding hydrogens is 298 g/mol. The largest absolute Gasteiger partial charge is 0.443 e. The third-order valence-electron chi connectivity index (χ3n) is 3.50. The summed E-state index contributed by atoms with van der Waals surface area (Å²) in [4.78, 5) is 14.2. The second-order valence-electron chi connectivity index (χ2n) is 6.69. The van der Waals surface area contributed by atoms with E-state index in [1.54, 1.807) is 4.90 Å². The summed E-state index contributed by atoms with van der Waals surface area (Å²) in [5, 5.41) is 0. The lowest BCUT2D eigenvalue weighted by Gasteiger charge is -2.27. The molecule has 0 aliphatic heterocycles. The molecule has 0 saturated heterocycles. The number of hydrogen-bond acceptors (Lipinski definition) is 2. The second-order valence-corrected chi connectivity index (χ2v) is 6.69. The predicted octanol–water partition coefficient (Wildman–Crippen LogP) is 5.53. The van der Waals surface area contributed by atoms with Gasteiger partial charge in [-0.1, -0.05) is 55.1 Å². The Bertz CT molecular complexity index is 672. The van der Waals surface area contributed by atoms with Crippen LogP contribution in [0, 0.1) is 0 Å². The summed E-state index contributed by atoms with van der Waals surface area (Å²) in [6, 6.07) is 19.6. The number of carbonyl (C=O) groups excluding carboxylic acids is 1. The highest BCUT2D eigenvalue weighted by atomic mass is 16.6. The first kappa shape index (κ1) is 17.8. The summed E-state index contributed by atoms with van der Waals surface area (Å²) in [5.74, 6) is 0. The summed E-state index contributed by atoms with van der Waals surface area (Å²) >= 11 is 0. The van der Waals surface area contributed by atoms with Crippen LogP contribution in [0.3, 0.4) is 0 Å². The van der Waals surface area contributed by atoms with Gasteiger partial charge in [0.25, 0.3) is 0 Å². The third kappa shape index (κ3) is 5.27. The van der Waals surface area contributed by atoms with Gasteiger partial charge in [-0.2, -0.15) is 0 Å². The summed E-state index contributed by atoms with van der Waals surface area (Å²) in [6.45, 7) is 10.3. The summed E-state index contributed by atoms with van der Waals surface area (Å²) in [5.41, 5.74) is 2.39. The monoisotopic (exact) mass is 323 g/mol. The van der Waals surface area contributed by atoms with E-state index >= 15 is 0 Å². The fraction of sp³-hybridized carbons (Fsp3) is 0.286. The lowest BCUT2D eigenvalue weighted by Crippen LogP contribution is -2.37. The van der Waals surface area contributed by atoms with Gasteiger partial charge in [-0.15, -0.1) is 0 Å². The molecule has 0 aromatic heterocycles. The van der Waals surface area contributed by atoms with E-state index in [-0.39, 0.29) is 6.09 Å². The number of benzene rings is 2. The molecular formula is C21H25NO2. The van der Waals surface area contributed by atoms with Crippen LogP contribution in [-0.4, -0.2) is 18.2 Å². The van der Waals surface area contributed by atoms with Gasteiger partial charge in [0, 0.05) is 12.2 Å². The van der Waals surface area contributed by atoms with Crippen molar-refractivity contribution in [1.29, 1.82) is 0 Å². The zero-order valence-corrected chi connectivity index (χ0v) is 14.7. The highest BCUT2D eigenvalue weighted by Crippen LogP contribution is 2.22. The molecule has 0 aliphatic carbocycles. The van der Waals surface area contributed by atoms with Crippen molar-refractivity contribution in [3.63, 3.8) is 0 Å². The van der Waals surface area contributed by atoms with Crippen LogP contribution in [0.5, 0.6) is 0 Å². The van der Waals surface area contributed by atoms with E-state index in [4.69, 9.17) is 4.74 Å². The molecule has 2 rings (SSSR count). The van der Waals surface area contributed by atoms with Crippen molar-refractivity contribution < 1.29 is 9.53 Å². The Kier molecular flexibility index (Phi) is 5.80. The van der Waals surface area contributed by atoms with Crippen LogP contribution in [-0.2, 0) is 4.74 Å². The molecule has 0 bridgehead atoms. The maximum absolute atomic E-state index is 12.6. The third-order valence-corrected chi connectivity index (χ3v) is 3.50. The smallest absolute Gasteiger partial charge is 0.414 e. The predicted molar refractivity (Wildman–Crippen MR) is 100 cm³/mol. The fourth-order valence-corrected chi connectivity index (χ4v) is 2.32. The average Bonchev–Trinajstić information content (AvgIpc) is 2.55. The second kappa shape index (κ2) is 7.82. The molecule has 1 amide bonds. The first-order valence-electron chi connectivity index (χ1n) is 8.15. The maximum Gasteiger partial charge on any atom is 0.414 e. The Morgan fingerprint density at radius 3 is 2.08 bits per heavy atom. The highest BCUT2D eigenvalue weighted by Gasteiger charge is 2.23. The molecule has 3 nitrogen and oxygen atoms in total. The van der Waals surface area contributed by atoms with Gasteiger partial charge in [0.1, 0.15) is 5.60 Å². The van der Waals surface area contributed by atoms with Crippen molar-refractivity contribution in [2.24, 2.45) is 0 Å². The van der Waals surface area contributed by atoms with Crippen LogP contribution in [0.4, 0.5) is 10.5 Å².